The first-order valence-corrected chi connectivity index (χ1v) is 6.74. The second-order valence-electron chi connectivity index (χ2n) is 4.24. The van der Waals surface area contributed by atoms with Gasteiger partial charge in [-0.3, -0.25) is 0 Å². The normalized spacial score (nSPS) is 14.3. The molecule has 0 bridgehead atoms. The molecule has 1 aliphatic heterocycles. The molecule has 0 radical (unpaired) electrons. The molecule has 3 heterocycles. The minimum absolute atomic E-state index is 0.650. The van der Waals surface area contributed by atoms with Gasteiger partial charge in [-0.05, 0) is 28.1 Å². The molecule has 94 valence electrons. The van der Waals surface area contributed by atoms with Crippen LogP contribution in [0.5, 0.6) is 0 Å². The molecule has 0 amide bonds. The molecule has 2 aromatic rings. The van der Waals surface area contributed by atoms with E-state index in [-0.39, 0.29) is 0 Å². The van der Waals surface area contributed by atoms with Crippen molar-refractivity contribution in [2.24, 2.45) is 0 Å². The van der Waals surface area contributed by atoms with Gasteiger partial charge in [-0.15, -0.1) is 0 Å². The fourth-order valence-electron chi connectivity index (χ4n) is 2.12. The molecule has 3 N–H and O–H groups in total. The zero-order valence-corrected chi connectivity index (χ0v) is 11.4. The zero-order valence-electron chi connectivity index (χ0n) is 9.83. The molecule has 6 heteroatoms. The van der Waals surface area contributed by atoms with Crippen LogP contribution in [-0.4, -0.2) is 21.5 Å². The second-order valence-corrected chi connectivity index (χ2v) is 4.95. The van der Waals surface area contributed by atoms with Crippen LogP contribution in [-0.2, 0) is 19.5 Å². The Balaban J connectivity index is 1.84. The van der Waals surface area contributed by atoms with Crippen molar-refractivity contribution < 1.29 is 0 Å². The van der Waals surface area contributed by atoms with E-state index < -0.39 is 0 Å². The Labute approximate surface area is 114 Å². The van der Waals surface area contributed by atoms with Gasteiger partial charge in [-0.25, -0.2) is 9.97 Å². The molecule has 0 fully saturated rings. The van der Waals surface area contributed by atoms with Gasteiger partial charge in [0.2, 0.25) is 0 Å². The van der Waals surface area contributed by atoms with Crippen LogP contribution < -0.4 is 10.6 Å². The van der Waals surface area contributed by atoms with Crippen LogP contribution in [0.15, 0.2) is 23.1 Å². The Morgan fingerprint density at radius 3 is 3.17 bits per heavy atom. The number of H-pyrrole nitrogens is 1. The van der Waals surface area contributed by atoms with Gasteiger partial charge in [0, 0.05) is 37.0 Å². The first kappa shape index (κ1) is 11.7. The van der Waals surface area contributed by atoms with E-state index in [9.17, 15) is 0 Å². The van der Waals surface area contributed by atoms with Crippen LogP contribution in [0.25, 0.3) is 0 Å². The van der Waals surface area contributed by atoms with Crippen LogP contribution >= 0.6 is 15.9 Å². The van der Waals surface area contributed by atoms with E-state index in [1.165, 1.54) is 5.56 Å². The maximum absolute atomic E-state index is 4.44. The van der Waals surface area contributed by atoms with Gasteiger partial charge in [-0.1, -0.05) is 0 Å². The highest BCUT2D eigenvalue weighted by Crippen LogP contribution is 2.22. The summed E-state index contributed by atoms with van der Waals surface area (Å²) in [6.07, 6.45) is 2.87. The van der Waals surface area contributed by atoms with Crippen molar-refractivity contribution in [3.05, 3.63) is 40.0 Å². The molecule has 3 rings (SSSR count). The number of rotatable bonds is 3. The highest BCUT2D eigenvalue weighted by atomic mass is 79.9. The number of hydrogen-bond acceptors (Lipinski definition) is 4. The number of hydrogen-bond donors (Lipinski definition) is 3. The lowest BCUT2D eigenvalue weighted by Crippen LogP contribution is -2.26. The summed E-state index contributed by atoms with van der Waals surface area (Å²) in [7, 11) is 0. The van der Waals surface area contributed by atoms with E-state index in [4.69, 9.17) is 0 Å². The Morgan fingerprint density at radius 1 is 1.39 bits per heavy atom. The van der Waals surface area contributed by atoms with Crippen molar-refractivity contribution in [2.75, 3.05) is 11.9 Å². The number of aromatic nitrogens is 3. The maximum Gasteiger partial charge on any atom is 0.198 e. The number of fused-ring (bicyclic) bond motifs is 1. The Bertz CT molecular complexity index is 538. The molecular weight excluding hydrogens is 294 g/mol. The second kappa shape index (κ2) is 5.07. The largest absolute Gasteiger partial charge is 0.364 e. The van der Waals surface area contributed by atoms with Crippen LogP contribution in [0, 0.1) is 0 Å². The molecule has 0 unspecified atom stereocenters. The molecule has 0 saturated heterocycles. The number of anilines is 1. The third-order valence-electron chi connectivity index (χ3n) is 3.01. The highest BCUT2D eigenvalue weighted by Gasteiger charge is 2.16. The summed E-state index contributed by atoms with van der Waals surface area (Å²) in [5, 5.41) is 6.71. The van der Waals surface area contributed by atoms with Crippen molar-refractivity contribution >= 4 is 21.7 Å². The summed E-state index contributed by atoms with van der Waals surface area (Å²) < 4.78 is 0.650. The molecule has 0 spiro atoms. The molecule has 18 heavy (non-hydrogen) atoms. The Hall–Kier alpha value is -1.40. The van der Waals surface area contributed by atoms with Gasteiger partial charge in [-0.2, -0.15) is 0 Å². The van der Waals surface area contributed by atoms with Crippen molar-refractivity contribution in [3.63, 3.8) is 0 Å². The molecule has 0 aliphatic carbocycles. The van der Waals surface area contributed by atoms with Gasteiger partial charge in [0.05, 0.1) is 12.2 Å². The first-order valence-electron chi connectivity index (χ1n) is 5.95. The smallest absolute Gasteiger partial charge is 0.198 e. The third-order valence-corrected chi connectivity index (χ3v) is 3.37. The van der Waals surface area contributed by atoms with Gasteiger partial charge >= 0.3 is 0 Å². The van der Waals surface area contributed by atoms with E-state index in [1.807, 2.05) is 18.3 Å². The van der Waals surface area contributed by atoms with E-state index in [0.717, 1.165) is 43.3 Å². The minimum atomic E-state index is 0.650. The summed E-state index contributed by atoms with van der Waals surface area (Å²) in [4.78, 5) is 12.0. The van der Waals surface area contributed by atoms with Crippen LogP contribution in [0.2, 0.25) is 0 Å². The zero-order chi connectivity index (χ0) is 12.4. The number of nitrogens with zero attached hydrogens (tertiary/aromatic N) is 2. The summed E-state index contributed by atoms with van der Waals surface area (Å²) >= 11 is 3.37. The monoisotopic (exact) mass is 307 g/mol. The summed E-state index contributed by atoms with van der Waals surface area (Å²) in [6, 6.07) is 4.04. The molecule has 0 saturated carbocycles. The van der Waals surface area contributed by atoms with Gasteiger partial charge in [0.25, 0.3) is 0 Å². The predicted molar refractivity (Wildman–Crippen MR) is 73.3 cm³/mol. The fraction of sp³-hybridized carbons (Fsp3) is 0.333. The summed E-state index contributed by atoms with van der Waals surface area (Å²) in [5.41, 5.74) is 3.45. The van der Waals surface area contributed by atoms with Crippen molar-refractivity contribution in [1.29, 1.82) is 0 Å². The Kier molecular flexibility index (Phi) is 3.29. The number of nitrogens with one attached hydrogen (secondary N) is 3. The summed E-state index contributed by atoms with van der Waals surface area (Å²) in [5.74, 6) is 0.911. The predicted octanol–water partition coefficient (Wildman–Crippen LogP) is 1.82. The van der Waals surface area contributed by atoms with Crippen molar-refractivity contribution in [2.45, 2.75) is 19.5 Å². The fourth-order valence-corrected chi connectivity index (χ4v) is 2.51. The molecule has 2 aromatic heterocycles. The molecule has 1 aliphatic rings. The SMILES string of the molecule is Brc1nc2c(c(NCc3ccc[nH]3)n1)CNCC2. The van der Waals surface area contributed by atoms with Crippen LogP contribution in [0.3, 0.4) is 0 Å². The van der Waals surface area contributed by atoms with Gasteiger partial charge in [0.15, 0.2) is 4.73 Å². The highest BCUT2D eigenvalue weighted by molar-refractivity contribution is 9.10. The van der Waals surface area contributed by atoms with E-state index >= 15 is 0 Å². The maximum atomic E-state index is 4.44. The van der Waals surface area contributed by atoms with Crippen LogP contribution in [0.1, 0.15) is 17.0 Å². The molecule has 0 aromatic carbocycles. The topological polar surface area (TPSA) is 65.6 Å². The first-order chi connectivity index (χ1) is 8.83. The lowest BCUT2D eigenvalue weighted by Gasteiger charge is -2.19. The van der Waals surface area contributed by atoms with E-state index in [1.54, 1.807) is 0 Å². The van der Waals surface area contributed by atoms with E-state index in [2.05, 4.69) is 41.5 Å². The number of aromatic amines is 1. The molecule has 5 nitrogen and oxygen atoms in total. The lowest BCUT2D eigenvalue weighted by molar-refractivity contribution is 0.625. The standard InChI is InChI=1S/C12H14BrN5/c13-12-17-10-3-5-14-7-9(10)11(18-12)16-6-8-2-1-4-15-8/h1-2,4,14-15H,3,5-7H2,(H,16,17,18). The average Bonchev–Trinajstić information content (AvgIpc) is 2.89. The third kappa shape index (κ3) is 2.39. The molecule has 0 atom stereocenters. The van der Waals surface area contributed by atoms with Crippen molar-refractivity contribution in [1.82, 2.24) is 20.3 Å². The Morgan fingerprint density at radius 2 is 2.33 bits per heavy atom. The molecular formula is C12H14BrN5. The van der Waals surface area contributed by atoms with Gasteiger partial charge < -0.3 is 15.6 Å². The summed E-state index contributed by atoms with van der Waals surface area (Å²) in [6.45, 7) is 2.55. The average molecular weight is 308 g/mol. The lowest BCUT2D eigenvalue weighted by atomic mass is 10.1. The van der Waals surface area contributed by atoms with E-state index in [0.29, 0.717) is 4.73 Å². The quantitative estimate of drug-likeness (QED) is 0.757. The minimum Gasteiger partial charge on any atom is -0.364 e. The van der Waals surface area contributed by atoms with Crippen LogP contribution in [0.4, 0.5) is 5.82 Å². The van der Waals surface area contributed by atoms with Gasteiger partial charge in [0.1, 0.15) is 5.82 Å². The number of halogens is 1. The van der Waals surface area contributed by atoms with Crippen molar-refractivity contribution in [3.8, 4) is 0 Å².